The minimum absolute atomic E-state index is 0.380. The molecular formula is C15H19F2N. The third kappa shape index (κ3) is 2.56. The SMILES string of the molecule is Fc1cc(F)cc(CC2CCC3CCCC3N2)c1. The fourth-order valence-electron chi connectivity index (χ4n) is 3.58. The minimum atomic E-state index is -0.473. The maximum absolute atomic E-state index is 13.1. The van der Waals surface area contributed by atoms with Crippen molar-refractivity contribution in [1.82, 2.24) is 5.32 Å². The summed E-state index contributed by atoms with van der Waals surface area (Å²) in [6.07, 6.45) is 7.05. The minimum Gasteiger partial charge on any atom is -0.311 e. The molecule has 1 aromatic carbocycles. The largest absolute Gasteiger partial charge is 0.311 e. The molecule has 98 valence electrons. The van der Waals surface area contributed by atoms with Crippen molar-refractivity contribution in [1.29, 1.82) is 0 Å². The Morgan fingerprint density at radius 3 is 2.56 bits per heavy atom. The van der Waals surface area contributed by atoms with Gasteiger partial charge in [-0.05, 0) is 55.7 Å². The second kappa shape index (κ2) is 4.96. The second-order valence-corrected chi connectivity index (χ2v) is 5.72. The van der Waals surface area contributed by atoms with Crippen LogP contribution < -0.4 is 5.32 Å². The molecule has 18 heavy (non-hydrogen) atoms. The highest BCUT2D eigenvalue weighted by Gasteiger charge is 2.33. The molecule has 1 saturated carbocycles. The highest BCUT2D eigenvalue weighted by Crippen LogP contribution is 2.34. The van der Waals surface area contributed by atoms with Crippen LogP contribution in [0.2, 0.25) is 0 Å². The molecule has 0 bridgehead atoms. The lowest BCUT2D eigenvalue weighted by molar-refractivity contribution is 0.257. The van der Waals surface area contributed by atoms with Gasteiger partial charge < -0.3 is 5.32 Å². The number of hydrogen-bond donors (Lipinski definition) is 1. The van der Waals surface area contributed by atoms with E-state index >= 15 is 0 Å². The maximum atomic E-state index is 13.1. The average Bonchev–Trinajstić information content (AvgIpc) is 2.74. The van der Waals surface area contributed by atoms with Crippen molar-refractivity contribution >= 4 is 0 Å². The van der Waals surface area contributed by atoms with E-state index in [0.717, 1.165) is 30.4 Å². The predicted octanol–water partition coefficient (Wildman–Crippen LogP) is 3.43. The van der Waals surface area contributed by atoms with Crippen LogP contribution in [0.1, 0.15) is 37.7 Å². The molecular weight excluding hydrogens is 232 g/mol. The Bertz CT molecular complexity index is 412. The van der Waals surface area contributed by atoms with Crippen molar-refractivity contribution < 1.29 is 8.78 Å². The number of nitrogens with one attached hydrogen (secondary N) is 1. The van der Waals surface area contributed by atoms with Gasteiger partial charge in [-0.1, -0.05) is 6.42 Å². The Hall–Kier alpha value is -0.960. The number of piperidine rings is 1. The van der Waals surface area contributed by atoms with E-state index in [1.54, 1.807) is 0 Å². The lowest BCUT2D eigenvalue weighted by atomic mass is 9.87. The van der Waals surface area contributed by atoms with Gasteiger partial charge >= 0.3 is 0 Å². The van der Waals surface area contributed by atoms with E-state index in [4.69, 9.17) is 0 Å². The fourth-order valence-corrected chi connectivity index (χ4v) is 3.58. The third-order valence-electron chi connectivity index (χ3n) is 4.40. The third-order valence-corrected chi connectivity index (χ3v) is 4.40. The van der Waals surface area contributed by atoms with Crippen LogP contribution >= 0.6 is 0 Å². The summed E-state index contributed by atoms with van der Waals surface area (Å²) < 4.78 is 26.3. The van der Waals surface area contributed by atoms with E-state index in [2.05, 4.69) is 5.32 Å². The number of hydrogen-bond acceptors (Lipinski definition) is 1. The van der Waals surface area contributed by atoms with Crippen molar-refractivity contribution in [3.63, 3.8) is 0 Å². The van der Waals surface area contributed by atoms with E-state index in [0.29, 0.717) is 12.1 Å². The van der Waals surface area contributed by atoms with Gasteiger partial charge in [0, 0.05) is 18.2 Å². The van der Waals surface area contributed by atoms with Crippen LogP contribution in [0, 0.1) is 17.6 Å². The molecule has 3 rings (SSSR count). The molecule has 1 aliphatic carbocycles. The van der Waals surface area contributed by atoms with E-state index < -0.39 is 11.6 Å². The molecule has 3 unspecified atom stereocenters. The molecule has 1 aliphatic heterocycles. The Labute approximate surface area is 107 Å². The first-order valence-electron chi connectivity index (χ1n) is 6.92. The lowest BCUT2D eigenvalue weighted by Gasteiger charge is -2.33. The summed E-state index contributed by atoms with van der Waals surface area (Å²) in [5.41, 5.74) is 0.765. The molecule has 1 heterocycles. The van der Waals surface area contributed by atoms with Crippen molar-refractivity contribution in [3.05, 3.63) is 35.4 Å². The van der Waals surface area contributed by atoms with Gasteiger partial charge in [-0.3, -0.25) is 0 Å². The van der Waals surface area contributed by atoms with Crippen LogP contribution in [0.3, 0.4) is 0 Å². The second-order valence-electron chi connectivity index (χ2n) is 5.72. The molecule has 3 heteroatoms. The van der Waals surface area contributed by atoms with Crippen LogP contribution in [0.25, 0.3) is 0 Å². The van der Waals surface area contributed by atoms with Crippen molar-refractivity contribution in [2.75, 3.05) is 0 Å². The summed E-state index contributed by atoms with van der Waals surface area (Å²) in [7, 11) is 0. The fraction of sp³-hybridized carbons (Fsp3) is 0.600. The number of rotatable bonds is 2. The van der Waals surface area contributed by atoms with E-state index in [1.807, 2.05) is 0 Å². The van der Waals surface area contributed by atoms with E-state index in [1.165, 1.54) is 37.8 Å². The lowest BCUT2D eigenvalue weighted by Crippen LogP contribution is -2.46. The molecule has 0 spiro atoms. The van der Waals surface area contributed by atoms with Crippen LogP contribution in [0.4, 0.5) is 8.78 Å². The van der Waals surface area contributed by atoms with Crippen LogP contribution in [-0.2, 0) is 6.42 Å². The van der Waals surface area contributed by atoms with Gasteiger partial charge in [0.2, 0.25) is 0 Å². The first-order valence-corrected chi connectivity index (χ1v) is 6.92. The maximum Gasteiger partial charge on any atom is 0.126 e. The van der Waals surface area contributed by atoms with Gasteiger partial charge in [0.25, 0.3) is 0 Å². The van der Waals surface area contributed by atoms with Crippen molar-refractivity contribution in [2.45, 2.75) is 50.6 Å². The quantitative estimate of drug-likeness (QED) is 0.849. The highest BCUT2D eigenvalue weighted by molar-refractivity contribution is 5.19. The van der Waals surface area contributed by atoms with Gasteiger partial charge in [0.05, 0.1) is 0 Å². The van der Waals surface area contributed by atoms with E-state index in [-0.39, 0.29) is 0 Å². The Kier molecular flexibility index (Phi) is 3.33. The standard InChI is InChI=1S/C15H19F2N/c16-12-6-10(7-13(17)9-12)8-14-5-4-11-2-1-3-15(11)18-14/h6-7,9,11,14-15,18H,1-5,8H2. The highest BCUT2D eigenvalue weighted by atomic mass is 19.1. The molecule has 0 radical (unpaired) electrons. The van der Waals surface area contributed by atoms with Crippen molar-refractivity contribution in [3.8, 4) is 0 Å². The Morgan fingerprint density at radius 2 is 1.78 bits per heavy atom. The van der Waals surface area contributed by atoms with Gasteiger partial charge in [-0.2, -0.15) is 0 Å². The first kappa shape index (κ1) is 12.1. The molecule has 0 amide bonds. The molecule has 3 atom stereocenters. The van der Waals surface area contributed by atoms with Crippen LogP contribution in [0.5, 0.6) is 0 Å². The molecule has 1 aromatic rings. The van der Waals surface area contributed by atoms with Gasteiger partial charge in [-0.15, -0.1) is 0 Å². The normalized spacial score (nSPS) is 31.3. The topological polar surface area (TPSA) is 12.0 Å². The number of fused-ring (bicyclic) bond motifs is 1. The molecule has 1 nitrogen and oxygen atoms in total. The van der Waals surface area contributed by atoms with Crippen LogP contribution in [-0.4, -0.2) is 12.1 Å². The summed E-state index contributed by atoms with van der Waals surface area (Å²) in [4.78, 5) is 0. The Balaban J connectivity index is 1.65. The zero-order valence-corrected chi connectivity index (χ0v) is 10.5. The zero-order chi connectivity index (χ0) is 12.5. The molecule has 1 N–H and O–H groups in total. The van der Waals surface area contributed by atoms with Crippen LogP contribution in [0.15, 0.2) is 18.2 Å². The van der Waals surface area contributed by atoms with Gasteiger partial charge in [0.1, 0.15) is 11.6 Å². The molecule has 0 aromatic heterocycles. The monoisotopic (exact) mass is 251 g/mol. The predicted molar refractivity (Wildman–Crippen MR) is 67.3 cm³/mol. The molecule has 2 fully saturated rings. The Morgan fingerprint density at radius 1 is 1.00 bits per heavy atom. The summed E-state index contributed by atoms with van der Waals surface area (Å²) in [5.74, 6) is -0.107. The molecule has 2 aliphatic rings. The summed E-state index contributed by atoms with van der Waals surface area (Å²) in [6.45, 7) is 0. The molecule has 1 saturated heterocycles. The summed E-state index contributed by atoms with van der Waals surface area (Å²) >= 11 is 0. The zero-order valence-electron chi connectivity index (χ0n) is 10.5. The van der Waals surface area contributed by atoms with Crippen molar-refractivity contribution in [2.24, 2.45) is 5.92 Å². The number of halogens is 2. The summed E-state index contributed by atoms with van der Waals surface area (Å²) in [6, 6.07) is 4.86. The van der Waals surface area contributed by atoms with E-state index in [9.17, 15) is 8.78 Å². The smallest absolute Gasteiger partial charge is 0.126 e. The number of benzene rings is 1. The first-order chi connectivity index (χ1) is 8.70. The van der Waals surface area contributed by atoms with Gasteiger partial charge in [-0.25, -0.2) is 8.78 Å². The summed E-state index contributed by atoms with van der Waals surface area (Å²) in [5, 5.41) is 3.66. The average molecular weight is 251 g/mol. The van der Waals surface area contributed by atoms with Gasteiger partial charge in [0.15, 0.2) is 0 Å².